The van der Waals surface area contributed by atoms with Crippen LogP contribution in [0, 0.1) is 5.92 Å². The van der Waals surface area contributed by atoms with Crippen molar-refractivity contribution < 1.29 is 0 Å². The summed E-state index contributed by atoms with van der Waals surface area (Å²) in [6.45, 7) is 5.69. The molecule has 100 valence electrons. The van der Waals surface area contributed by atoms with Gasteiger partial charge in [0.2, 0.25) is 0 Å². The molecule has 1 fully saturated rings. The Kier molecular flexibility index (Phi) is 3.19. The van der Waals surface area contributed by atoms with Crippen molar-refractivity contribution >= 4 is 22.4 Å². The first-order valence-electron chi connectivity index (χ1n) is 6.74. The molecule has 3 rings (SSSR count). The van der Waals surface area contributed by atoms with Crippen LogP contribution in [-0.2, 0) is 0 Å². The third-order valence-corrected chi connectivity index (χ3v) is 4.71. The number of aromatic nitrogens is 1. The van der Waals surface area contributed by atoms with Gasteiger partial charge >= 0.3 is 0 Å². The molecule has 2 heterocycles. The van der Waals surface area contributed by atoms with Crippen LogP contribution < -0.4 is 10.6 Å². The second-order valence-corrected chi connectivity index (χ2v) is 6.21. The molecule has 19 heavy (non-hydrogen) atoms. The summed E-state index contributed by atoms with van der Waals surface area (Å²) in [5, 5.41) is 1.22. The van der Waals surface area contributed by atoms with Crippen LogP contribution in [0.4, 0.5) is 10.8 Å². The van der Waals surface area contributed by atoms with Gasteiger partial charge in [-0.2, -0.15) is 4.37 Å². The predicted octanol–water partition coefficient (Wildman–Crippen LogP) is 3.63. The van der Waals surface area contributed by atoms with Gasteiger partial charge in [-0.1, -0.05) is 37.3 Å². The van der Waals surface area contributed by atoms with Crippen LogP contribution in [0.3, 0.4) is 0 Å². The van der Waals surface area contributed by atoms with Gasteiger partial charge in [0.15, 0.2) is 0 Å². The number of nitrogens with zero attached hydrogens (tertiary/aromatic N) is 2. The smallest absolute Gasteiger partial charge is 0.147 e. The number of benzene rings is 1. The molecule has 4 heteroatoms. The Bertz CT molecular complexity index is 564. The van der Waals surface area contributed by atoms with E-state index in [0.717, 1.165) is 23.6 Å². The lowest BCUT2D eigenvalue weighted by Crippen LogP contribution is -2.26. The summed E-state index contributed by atoms with van der Waals surface area (Å²) in [7, 11) is 0. The van der Waals surface area contributed by atoms with E-state index in [1.54, 1.807) is 0 Å². The van der Waals surface area contributed by atoms with Crippen LogP contribution in [0.25, 0.3) is 11.1 Å². The number of rotatable bonds is 2. The van der Waals surface area contributed by atoms with Crippen LogP contribution >= 0.6 is 11.5 Å². The third kappa shape index (κ3) is 2.21. The third-order valence-electron chi connectivity index (χ3n) is 3.81. The van der Waals surface area contributed by atoms with Crippen molar-refractivity contribution in [3.8, 4) is 11.1 Å². The Morgan fingerprint density at radius 2 is 2.00 bits per heavy atom. The van der Waals surface area contributed by atoms with E-state index in [1.165, 1.54) is 23.0 Å². The minimum Gasteiger partial charge on any atom is -0.382 e. The second-order valence-electron chi connectivity index (χ2n) is 5.46. The first-order valence-corrected chi connectivity index (χ1v) is 7.51. The summed E-state index contributed by atoms with van der Waals surface area (Å²) < 4.78 is 4.37. The van der Waals surface area contributed by atoms with Gasteiger partial charge in [0, 0.05) is 12.6 Å². The molecule has 0 bridgehead atoms. The van der Waals surface area contributed by atoms with Crippen molar-refractivity contribution in [3.05, 3.63) is 30.3 Å². The van der Waals surface area contributed by atoms with Gasteiger partial charge in [-0.05, 0) is 36.4 Å². The van der Waals surface area contributed by atoms with Crippen molar-refractivity contribution in [1.82, 2.24) is 4.37 Å². The zero-order valence-electron chi connectivity index (χ0n) is 11.3. The van der Waals surface area contributed by atoms with Crippen LogP contribution in [0.15, 0.2) is 30.3 Å². The summed E-state index contributed by atoms with van der Waals surface area (Å²) in [4.78, 5) is 2.46. The van der Waals surface area contributed by atoms with Crippen molar-refractivity contribution in [1.29, 1.82) is 0 Å². The summed E-state index contributed by atoms with van der Waals surface area (Å²) in [6.07, 6.45) is 1.24. The molecule has 2 unspecified atom stereocenters. The van der Waals surface area contributed by atoms with E-state index in [2.05, 4.69) is 35.3 Å². The molecule has 0 saturated carbocycles. The molecule has 0 radical (unpaired) electrons. The molecule has 1 aliphatic heterocycles. The van der Waals surface area contributed by atoms with Gasteiger partial charge in [0.25, 0.3) is 0 Å². The molecule has 0 amide bonds. The van der Waals surface area contributed by atoms with Crippen LogP contribution in [0.1, 0.15) is 20.3 Å². The van der Waals surface area contributed by atoms with Gasteiger partial charge in [-0.3, -0.25) is 0 Å². The highest BCUT2D eigenvalue weighted by Gasteiger charge is 2.30. The Labute approximate surface area is 118 Å². The van der Waals surface area contributed by atoms with Gasteiger partial charge in [0.1, 0.15) is 10.8 Å². The van der Waals surface area contributed by atoms with E-state index in [4.69, 9.17) is 5.73 Å². The zero-order chi connectivity index (χ0) is 13.4. The molecular weight excluding hydrogens is 254 g/mol. The van der Waals surface area contributed by atoms with Gasteiger partial charge in [-0.15, -0.1) is 0 Å². The summed E-state index contributed by atoms with van der Waals surface area (Å²) in [6, 6.07) is 10.9. The molecule has 2 N–H and O–H groups in total. The first-order chi connectivity index (χ1) is 9.16. The SMILES string of the molecule is CC1CC(C)N(c2snc(N)c2-c2ccccc2)C1. The highest BCUT2D eigenvalue weighted by molar-refractivity contribution is 7.11. The maximum atomic E-state index is 6.09. The topological polar surface area (TPSA) is 42.2 Å². The van der Waals surface area contributed by atoms with Crippen LogP contribution in [-0.4, -0.2) is 17.0 Å². The molecule has 3 nitrogen and oxygen atoms in total. The summed E-state index contributed by atoms with van der Waals surface area (Å²) >= 11 is 1.52. The summed E-state index contributed by atoms with van der Waals surface area (Å²) in [5.41, 5.74) is 8.36. The van der Waals surface area contributed by atoms with E-state index in [-0.39, 0.29) is 0 Å². The molecular formula is C15H19N3S. The average molecular weight is 273 g/mol. The van der Waals surface area contributed by atoms with E-state index in [1.807, 2.05) is 18.2 Å². The molecule has 1 saturated heterocycles. The zero-order valence-corrected chi connectivity index (χ0v) is 12.2. The van der Waals surface area contributed by atoms with Crippen molar-refractivity contribution in [2.24, 2.45) is 5.92 Å². The largest absolute Gasteiger partial charge is 0.382 e. The summed E-state index contributed by atoms with van der Waals surface area (Å²) in [5.74, 6) is 1.39. The van der Waals surface area contributed by atoms with Crippen molar-refractivity contribution in [2.45, 2.75) is 26.3 Å². The van der Waals surface area contributed by atoms with Gasteiger partial charge < -0.3 is 10.6 Å². The number of nitrogens with two attached hydrogens (primary N) is 1. The fraction of sp³-hybridized carbons (Fsp3) is 0.400. The van der Waals surface area contributed by atoms with Gasteiger partial charge in [-0.25, -0.2) is 0 Å². The maximum absolute atomic E-state index is 6.09. The molecule has 2 aromatic rings. The quantitative estimate of drug-likeness (QED) is 0.908. The Hall–Kier alpha value is -1.55. The number of nitrogen functional groups attached to an aromatic ring is 1. The Morgan fingerprint density at radius 3 is 2.63 bits per heavy atom. The first kappa shape index (κ1) is 12.5. The molecule has 0 spiro atoms. The fourth-order valence-electron chi connectivity index (χ4n) is 2.95. The standard InChI is InChI=1S/C15H19N3S/c1-10-8-11(2)18(9-10)15-13(14(16)17-19-15)12-6-4-3-5-7-12/h3-7,10-11H,8-9H2,1-2H3,(H2,16,17). The number of anilines is 2. The number of hydrogen-bond donors (Lipinski definition) is 1. The highest BCUT2D eigenvalue weighted by atomic mass is 32.1. The lowest BCUT2D eigenvalue weighted by Gasteiger charge is -2.23. The second kappa shape index (κ2) is 4.85. The predicted molar refractivity (Wildman–Crippen MR) is 82.6 cm³/mol. The normalized spacial score (nSPS) is 22.9. The van der Waals surface area contributed by atoms with E-state index < -0.39 is 0 Å². The van der Waals surface area contributed by atoms with Gasteiger partial charge in [0.05, 0.1) is 5.56 Å². The van der Waals surface area contributed by atoms with Crippen molar-refractivity contribution in [3.63, 3.8) is 0 Å². The minimum absolute atomic E-state index is 0.567. The lowest BCUT2D eigenvalue weighted by molar-refractivity contribution is 0.625. The fourth-order valence-corrected chi connectivity index (χ4v) is 3.90. The molecule has 1 aliphatic rings. The van der Waals surface area contributed by atoms with E-state index in [9.17, 15) is 0 Å². The highest BCUT2D eigenvalue weighted by Crippen LogP contribution is 2.42. The maximum Gasteiger partial charge on any atom is 0.147 e. The average Bonchev–Trinajstić information content (AvgIpc) is 2.93. The van der Waals surface area contributed by atoms with Crippen LogP contribution in [0.2, 0.25) is 0 Å². The van der Waals surface area contributed by atoms with Crippen molar-refractivity contribution in [2.75, 3.05) is 17.2 Å². The number of hydrogen-bond acceptors (Lipinski definition) is 4. The monoisotopic (exact) mass is 273 g/mol. The minimum atomic E-state index is 0.567. The van der Waals surface area contributed by atoms with E-state index in [0.29, 0.717) is 11.9 Å². The van der Waals surface area contributed by atoms with E-state index >= 15 is 0 Å². The molecule has 2 atom stereocenters. The molecule has 1 aromatic heterocycles. The van der Waals surface area contributed by atoms with Crippen LogP contribution in [0.5, 0.6) is 0 Å². The Balaban J connectivity index is 2.04. The molecule has 1 aromatic carbocycles. The Morgan fingerprint density at radius 1 is 1.26 bits per heavy atom. The lowest BCUT2D eigenvalue weighted by atomic mass is 10.1. The molecule has 0 aliphatic carbocycles.